The van der Waals surface area contributed by atoms with Gasteiger partial charge in [0, 0.05) is 0 Å². The SMILES string of the molecule is CCCCCCC(C)(C)c1cc(OCc2ccccc2)c(C2=C(CC(=O)O)CCC(C)C2)c(OCc2ccccc2)c1. The normalized spacial score (nSPS) is 15.5. The van der Waals surface area contributed by atoms with Crippen molar-refractivity contribution < 1.29 is 19.4 Å². The van der Waals surface area contributed by atoms with Crippen LogP contribution in [0.5, 0.6) is 11.5 Å². The summed E-state index contributed by atoms with van der Waals surface area (Å²) in [5, 5.41) is 9.81. The molecule has 4 heteroatoms. The Morgan fingerprint density at radius 2 is 1.45 bits per heavy atom. The van der Waals surface area contributed by atoms with Gasteiger partial charge in [-0.2, -0.15) is 0 Å². The van der Waals surface area contributed by atoms with Crippen molar-refractivity contribution in [3.8, 4) is 11.5 Å². The average Bonchev–Trinajstić information content (AvgIpc) is 2.98. The highest BCUT2D eigenvalue weighted by Gasteiger charge is 2.29. The molecule has 0 bridgehead atoms. The molecular weight excluding hydrogens is 520 g/mol. The Morgan fingerprint density at radius 1 is 0.881 bits per heavy atom. The van der Waals surface area contributed by atoms with Crippen molar-refractivity contribution in [3.63, 3.8) is 0 Å². The molecule has 4 nitrogen and oxygen atoms in total. The van der Waals surface area contributed by atoms with Gasteiger partial charge in [-0.25, -0.2) is 0 Å². The highest BCUT2D eigenvalue weighted by atomic mass is 16.5. The number of carboxylic acid groups (broad SMARTS) is 1. The lowest BCUT2D eigenvalue weighted by Gasteiger charge is -2.31. The van der Waals surface area contributed by atoms with E-state index in [1.54, 1.807) is 0 Å². The van der Waals surface area contributed by atoms with E-state index < -0.39 is 5.97 Å². The molecule has 0 amide bonds. The molecule has 42 heavy (non-hydrogen) atoms. The van der Waals surface area contributed by atoms with E-state index in [2.05, 4.69) is 64.1 Å². The maximum absolute atomic E-state index is 12.0. The van der Waals surface area contributed by atoms with Crippen LogP contribution >= 0.6 is 0 Å². The second-order valence-electron chi connectivity index (χ2n) is 12.6. The largest absolute Gasteiger partial charge is 0.488 e. The highest BCUT2D eigenvalue weighted by Crippen LogP contribution is 2.47. The van der Waals surface area contributed by atoms with Crippen LogP contribution in [0, 0.1) is 5.92 Å². The van der Waals surface area contributed by atoms with Crippen LogP contribution in [-0.4, -0.2) is 11.1 Å². The van der Waals surface area contributed by atoms with Crippen molar-refractivity contribution in [2.45, 2.75) is 104 Å². The van der Waals surface area contributed by atoms with E-state index in [0.29, 0.717) is 19.1 Å². The lowest BCUT2D eigenvalue weighted by atomic mass is 9.77. The third-order valence-electron chi connectivity index (χ3n) is 8.56. The Balaban J connectivity index is 1.84. The quantitative estimate of drug-likeness (QED) is 0.185. The van der Waals surface area contributed by atoms with Crippen molar-refractivity contribution in [1.29, 1.82) is 0 Å². The lowest BCUT2D eigenvalue weighted by molar-refractivity contribution is -0.136. The minimum absolute atomic E-state index is 0.0446. The Bertz CT molecular complexity index is 1260. The zero-order valence-corrected chi connectivity index (χ0v) is 26.0. The summed E-state index contributed by atoms with van der Waals surface area (Å²) in [6.45, 7) is 9.99. The van der Waals surface area contributed by atoms with Crippen LogP contribution < -0.4 is 9.47 Å². The van der Waals surface area contributed by atoms with Gasteiger partial charge < -0.3 is 14.6 Å². The summed E-state index contributed by atoms with van der Waals surface area (Å²) in [5.74, 6) is 1.23. The molecule has 1 aliphatic rings. The van der Waals surface area contributed by atoms with Crippen molar-refractivity contribution in [1.82, 2.24) is 0 Å². The van der Waals surface area contributed by atoms with E-state index in [0.717, 1.165) is 65.0 Å². The molecule has 0 spiro atoms. The van der Waals surface area contributed by atoms with Crippen molar-refractivity contribution in [2.24, 2.45) is 5.92 Å². The van der Waals surface area contributed by atoms with Crippen molar-refractivity contribution >= 4 is 11.5 Å². The predicted molar refractivity (Wildman–Crippen MR) is 172 cm³/mol. The molecule has 0 aromatic heterocycles. The Hall–Kier alpha value is -3.53. The molecule has 224 valence electrons. The summed E-state index contributed by atoms with van der Waals surface area (Å²) in [6, 6.07) is 24.9. The number of hydrogen-bond acceptors (Lipinski definition) is 3. The van der Waals surface area contributed by atoms with E-state index in [1.165, 1.54) is 31.2 Å². The van der Waals surface area contributed by atoms with Gasteiger partial charge in [-0.3, -0.25) is 4.79 Å². The Labute approximate surface area is 252 Å². The highest BCUT2D eigenvalue weighted by molar-refractivity contribution is 5.83. The number of hydrogen-bond donors (Lipinski definition) is 1. The second kappa shape index (κ2) is 15.1. The minimum atomic E-state index is -0.791. The van der Waals surface area contributed by atoms with Crippen LogP contribution in [0.3, 0.4) is 0 Å². The van der Waals surface area contributed by atoms with E-state index >= 15 is 0 Å². The summed E-state index contributed by atoms with van der Waals surface area (Å²) in [7, 11) is 0. The first-order valence-corrected chi connectivity index (χ1v) is 15.7. The molecule has 4 rings (SSSR count). The smallest absolute Gasteiger partial charge is 0.307 e. The van der Waals surface area contributed by atoms with Gasteiger partial charge in [-0.05, 0) is 71.4 Å². The molecule has 0 fully saturated rings. The molecule has 0 saturated heterocycles. The van der Waals surface area contributed by atoms with Crippen molar-refractivity contribution in [3.05, 3.63) is 101 Å². The first kappa shape index (κ1) is 31.4. The van der Waals surface area contributed by atoms with Crippen LogP contribution in [-0.2, 0) is 23.4 Å². The van der Waals surface area contributed by atoms with Gasteiger partial charge >= 0.3 is 5.97 Å². The van der Waals surface area contributed by atoms with Gasteiger partial charge in [-0.1, -0.05) is 120 Å². The van der Waals surface area contributed by atoms with Crippen LogP contribution in [0.25, 0.3) is 5.57 Å². The number of ether oxygens (including phenoxy) is 2. The fraction of sp³-hybridized carbons (Fsp3) is 0.447. The molecule has 1 atom stereocenters. The molecular formula is C38H48O4. The summed E-state index contributed by atoms with van der Waals surface area (Å²) >= 11 is 0. The van der Waals surface area contributed by atoms with E-state index in [4.69, 9.17) is 9.47 Å². The van der Waals surface area contributed by atoms with Crippen molar-refractivity contribution in [2.75, 3.05) is 0 Å². The van der Waals surface area contributed by atoms with Gasteiger partial charge in [0.1, 0.15) is 24.7 Å². The number of aliphatic carboxylic acids is 1. The molecule has 3 aromatic rings. The molecule has 0 saturated carbocycles. The van der Waals surface area contributed by atoms with Crippen LogP contribution in [0.4, 0.5) is 0 Å². The molecule has 0 radical (unpaired) electrons. The van der Waals surface area contributed by atoms with E-state index in [-0.39, 0.29) is 11.8 Å². The molecule has 1 unspecified atom stereocenters. The maximum Gasteiger partial charge on any atom is 0.307 e. The summed E-state index contributed by atoms with van der Waals surface area (Å²) in [5.41, 5.74) is 6.30. The molecule has 0 aliphatic heterocycles. The average molecular weight is 569 g/mol. The monoisotopic (exact) mass is 568 g/mol. The lowest BCUT2D eigenvalue weighted by Crippen LogP contribution is -2.19. The fourth-order valence-electron chi connectivity index (χ4n) is 5.94. The fourth-order valence-corrected chi connectivity index (χ4v) is 5.94. The van der Waals surface area contributed by atoms with E-state index in [1.807, 2.05) is 36.4 Å². The molecule has 0 heterocycles. The van der Waals surface area contributed by atoms with Gasteiger partial charge in [0.2, 0.25) is 0 Å². The van der Waals surface area contributed by atoms with Gasteiger partial charge in [0.05, 0.1) is 12.0 Å². The predicted octanol–water partition coefficient (Wildman–Crippen LogP) is 10.1. The molecule has 1 aliphatic carbocycles. The van der Waals surface area contributed by atoms with Gasteiger partial charge in [0.15, 0.2) is 0 Å². The van der Waals surface area contributed by atoms with Gasteiger partial charge in [-0.15, -0.1) is 0 Å². The number of carbonyl (C=O) groups is 1. The topological polar surface area (TPSA) is 55.8 Å². The molecule has 1 N–H and O–H groups in total. The molecule has 3 aromatic carbocycles. The number of benzene rings is 3. The van der Waals surface area contributed by atoms with Crippen LogP contribution in [0.15, 0.2) is 78.4 Å². The number of allylic oxidation sites excluding steroid dienone is 1. The standard InChI is InChI=1S/C38H48O4/c1-5-6-7-14-21-38(3,4)32-24-34(41-26-29-15-10-8-11-16-29)37(33-22-28(2)19-20-31(33)23-36(39)40)35(25-32)42-27-30-17-12-9-13-18-30/h8-13,15-18,24-25,28H,5-7,14,19-23,26-27H2,1-4H3,(H,39,40). The van der Waals surface area contributed by atoms with Gasteiger partial charge in [0.25, 0.3) is 0 Å². The number of carboxylic acids is 1. The van der Waals surface area contributed by atoms with Crippen LogP contribution in [0.2, 0.25) is 0 Å². The Kier molecular flexibility index (Phi) is 11.3. The number of unbranched alkanes of at least 4 members (excludes halogenated alkanes) is 3. The zero-order valence-electron chi connectivity index (χ0n) is 26.0. The van der Waals surface area contributed by atoms with Crippen LogP contribution in [0.1, 0.15) is 108 Å². The number of rotatable bonds is 15. The van der Waals surface area contributed by atoms with E-state index in [9.17, 15) is 9.90 Å². The first-order valence-electron chi connectivity index (χ1n) is 15.7. The maximum atomic E-state index is 12.0. The zero-order chi connectivity index (χ0) is 30.0. The summed E-state index contributed by atoms with van der Waals surface area (Å²) < 4.78 is 13.3. The third-order valence-corrected chi connectivity index (χ3v) is 8.56. The minimum Gasteiger partial charge on any atom is -0.488 e. The summed E-state index contributed by atoms with van der Waals surface area (Å²) in [6.07, 6.45) is 8.59. The third kappa shape index (κ3) is 8.74. The summed E-state index contributed by atoms with van der Waals surface area (Å²) in [4.78, 5) is 12.0. The first-order chi connectivity index (χ1) is 20.3. The second-order valence-corrected chi connectivity index (χ2v) is 12.6. The Morgan fingerprint density at radius 3 is 1.98 bits per heavy atom.